The molecule has 0 radical (unpaired) electrons. The quantitative estimate of drug-likeness (QED) is 0.576. The van der Waals surface area contributed by atoms with Crippen molar-refractivity contribution in [1.82, 2.24) is 0 Å². The van der Waals surface area contributed by atoms with Gasteiger partial charge in [-0.1, -0.05) is 12.7 Å². The summed E-state index contributed by atoms with van der Waals surface area (Å²) in [5, 5.41) is 0. The Hall–Kier alpha value is -1.05. The maximum atomic E-state index is 11.1. The summed E-state index contributed by atoms with van der Waals surface area (Å²) in [4.78, 5) is 11.1. The SMILES string of the molecule is C=CCOC1=CCCCC1=O. The van der Waals surface area contributed by atoms with E-state index in [0.717, 1.165) is 12.8 Å². The second kappa shape index (κ2) is 3.96. The standard InChI is InChI=1S/C9H12O2/c1-2-7-11-9-6-4-3-5-8(9)10/h2,6H,1,3-5,7H2. The summed E-state index contributed by atoms with van der Waals surface area (Å²) in [6.45, 7) is 3.93. The van der Waals surface area contributed by atoms with Gasteiger partial charge in [0.2, 0.25) is 0 Å². The van der Waals surface area contributed by atoms with E-state index in [1.807, 2.05) is 6.08 Å². The van der Waals surface area contributed by atoms with Crippen LogP contribution in [-0.4, -0.2) is 12.4 Å². The van der Waals surface area contributed by atoms with Crippen LogP contribution in [0.25, 0.3) is 0 Å². The Bertz CT molecular complexity index is 192. The number of ether oxygens (including phenoxy) is 1. The van der Waals surface area contributed by atoms with Crippen molar-refractivity contribution in [3.63, 3.8) is 0 Å². The van der Waals surface area contributed by atoms with Gasteiger partial charge in [0.25, 0.3) is 0 Å². The van der Waals surface area contributed by atoms with Crippen LogP contribution in [0.15, 0.2) is 24.5 Å². The van der Waals surface area contributed by atoms with E-state index in [1.165, 1.54) is 0 Å². The van der Waals surface area contributed by atoms with Crippen LogP contribution in [0.5, 0.6) is 0 Å². The largest absolute Gasteiger partial charge is 0.486 e. The van der Waals surface area contributed by atoms with Crippen LogP contribution in [0.1, 0.15) is 19.3 Å². The van der Waals surface area contributed by atoms with Crippen molar-refractivity contribution in [3.8, 4) is 0 Å². The number of carbonyl (C=O) groups excluding carboxylic acids is 1. The second-order valence-corrected chi connectivity index (χ2v) is 2.48. The molecule has 0 bridgehead atoms. The van der Waals surface area contributed by atoms with Crippen LogP contribution >= 0.6 is 0 Å². The smallest absolute Gasteiger partial charge is 0.197 e. The molecule has 1 aliphatic carbocycles. The Morgan fingerprint density at radius 3 is 3.18 bits per heavy atom. The van der Waals surface area contributed by atoms with Crippen LogP contribution in [0.4, 0.5) is 0 Å². The van der Waals surface area contributed by atoms with Crippen LogP contribution < -0.4 is 0 Å². The van der Waals surface area contributed by atoms with E-state index < -0.39 is 0 Å². The molecule has 1 rings (SSSR count). The fourth-order valence-corrected chi connectivity index (χ4v) is 1.02. The Kier molecular flexibility index (Phi) is 2.90. The summed E-state index contributed by atoms with van der Waals surface area (Å²) in [5.41, 5.74) is 0. The minimum Gasteiger partial charge on any atom is -0.486 e. The van der Waals surface area contributed by atoms with E-state index >= 15 is 0 Å². The molecule has 0 aromatic carbocycles. The van der Waals surface area contributed by atoms with Gasteiger partial charge in [-0.3, -0.25) is 4.79 Å². The number of allylic oxidation sites excluding steroid dienone is 2. The molecule has 0 fully saturated rings. The summed E-state index contributed by atoms with van der Waals surface area (Å²) in [5.74, 6) is 0.647. The summed E-state index contributed by atoms with van der Waals surface area (Å²) < 4.78 is 5.14. The summed E-state index contributed by atoms with van der Waals surface area (Å²) >= 11 is 0. The van der Waals surface area contributed by atoms with Gasteiger partial charge in [0.1, 0.15) is 6.61 Å². The zero-order valence-corrected chi connectivity index (χ0v) is 6.51. The third kappa shape index (κ3) is 2.22. The first-order valence-corrected chi connectivity index (χ1v) is 3.81. The molecule has 0 aromatic heterocycles. The van der Waals surface area contributed by atoms with Crippen molar-refractivity contribution in [3.05, 3.63) is 24.5 Å². The Morgan fingerprint density at radius 2 is 2.55 bits per heavy atom. The minimum absolute atomic E-state index is 0.123. The molecule has 0 unspecified atom stereocenters. The molecule has 0 saturated carbocycles. The highest BCUT2D eigenvalue weighted by molar-refractivity contribution is 5.94. The first-order valence-electron chi connectivity index (χ1n) is 3.81. The van der Waals surface area contributed by atoms with E-state index in [4.69, 9.17) is 4.74 Å². The maximum Gasteiger partial charge on any atom is 0.197 e. The maximum absolute atomic E-state index is 11.1. The third-order valence-corrected chi connectivity index (χ3v) is 1.57. The van der Waals surface area contributed by atoms with Gasteiger partial charge < -0.3 is 4.74 Å². The lowest BCUT2D eigenvalue weighted by molar-refractivity contribution is -0.119. The van der Waals surface area contributed by atoms with Gasteiger partial charge in [-0.05, 0) is 18.9 Å². The van der Waals surface area contributed by atoms with Gasteiger partial charge in [-0.15, -0.1) is 0 Å². The first-order chi connectivity index (χ1) is 5.34. The lowest BCUT2D eigenvalue weighted by Gasteiger charge is -2.11. The van der Waals surface area contributed by atoms with Gasteiger partial charge in [-0.25, -0.2) is 0 Å². The summed E-state index contributed by atoms with van der Waals surface area (Å²) in [7, 11) is 0. The van der Waals surface area contributed by atoms with Gasteiger partial charge in [-0.2, -0.15) is 0 Å². The van der Waals surface area contributed by atoms with Crippen molar-refractivity contribution in [2.75, 3.05) is 6.61 Å². The summed E-state index contributed by atoms with van der Waals surface area (Å²) in [6, 6.07) is 0. The average Bonchev–Trinajstić information content (AvgIpc) is 2.03. The average molecular weight is 152 g/mol. The molecule has 60 valence electrons. The second-order valence-electron chi connectivity index (χ2n) is 2.48. The molecule has 0 amide bonds. The monoisotopic (exact) mass is 152 g/mol. The van der Waals surface area contributed by atoms with Crippen molar-refractivity contribution in [2.45, 2.75) is 19.3 Å². The van der Waals surface area contributed by atoms with Crippen LogP contribution in [0.3, 0.4) is 0 Å². The van der Waals surface area contributed by atoms with E-state index in [2.05, 4.69) is 6.58 Å². The normalized spacial score (nSPS) is 17.5. The van der Waals surface area contributed by atoms with Crippen LogP contribution in [-0.2, 0) is 9.53 Å². The minimum atomic E-state index is 0.123. The van der Waals surface area contributed by atoms with E-state index in [0.29, 0.717) is 18.8 Å². The highest BCUT2D eigenvalue weighted by atomic mass is 16.5. The lowest BCUT2D eigenvalue weighted by atomic mass is 10.1. The number of ketones is 1. The molecule has 0 spiro atoms. The molecule has 0 heterocycles. The fourth-order valence-electron chi connectivity index (χ4n) is 1.02. The molecule has 0 aliphatic heterocycles. The zero-order chi connectivity index (χ0) is 8.10. The number of hydrogen-bond donors (Lipinski definition) is 0. The lowest BCUT2D eigenvalue weighted by Crippen LogP contribution is -2.09. The molecule has 0 N–H and O–H groups in total. The van der Waals surface area contributed by atoms with Crippen molar-refractivity contribution >= 4 is 5.78 Å². The van der Waals surface area contributed by atoms with Gasteiger partial charge in [0.05, 0.1) is 0 Å². The molecular weight excluding hydrogens is 140 g/mol. The predicted octanol–water partition coefficient (Wildman–Crippen LogP) is 1.83. The third-order valence-electron chi connectivity index (χ3n) is 1.57. The molecule has 2 nitrogen and oxygen atoms in total. The number of carbonyl (C=O) groups is 1. The van der Waals surface area contributed by atoms with Gasteiger partial charge >= 0.3 is 0 Å². The summed E-state index contributed by atoms with van der Waals surface area (Å²) in [6.07, 6.45) is 6.04. The Labute approximate surface area is 66.5 Å². The molecule has 0 saturated heterocycles. The molecule has 11 heavy (non-hydrogen) atoms. The van der Waals surface area contributed by atoms with Crippen molar-refractivity contribution in [1.29, 1.82) is 0 Å². The fraction of sp³-hybridized carbons (Fsp3) is 0.444. The van der Waals surface area contributed by atoms with E-state index in [1.54, 1.807) is 6.08 Å². The number of Topliss-reactive ketones (excluding diaryl/α,β-unsaturated/α-hetero) is 1. The van der Waals surface area contributed by atoms with Crippen molar-refractivity contribution < 1.29 is 9.53 Å². The predicted molar refractivity (Wildman–Crippen MR) is 43.1 cm³/mol. The van der Waals surface area contributed by atoms with Gasteiger partial charge in [0.15, 0.2) is 11.5 Å². The molecule has 1 aliphatic rings. The van der Waals surface area contributed by atoms with E-state index in [-0.39, 0.29) is 5.78 Å². The first kappa shape index (κ1) is 8.05. The highest BCUT2D eigenvalue weighted by Gasteiger charge is 2.13. The zero-order valence-electron chi connectivity index (χ0n) is 6.51. The van der Waals surface area contributed by atoms with Crippen LogP contribution in [0, 0.1) is 0 Å². The van der Waals surface area contributed by atoms with Crippen LogP contribution in [0.2, 0.25) is 0 Å². The number of hydrogen-bond acceptors (Lipinski definition) is 2. The Morgan fingerprint density at radius 1 is 1.73 bits per heavy atom. The number of rotatable bonds is 3. The van der Waals surface area contributed by atoms with Crippen molar-refractivity contribution in [2.24, 2.45) is 0 Å². The van der Waals surface area contributed by atoms with E-state index in [9.17, 15) is 4.79 Å². The topological polar surface area (TPSA) is 26.3 Å². The van der Waals surface area contributed by atoms with Gasteiger partial charge in [0, 0.05) is 6.42 Å². The highest BCUT2D eigenvalue weighted by Crippen LogP contribution is 2.14. The molecule has 0 aromatic rings. The molecular formula is C9H12O2. The molecule has 2 heteroatoms. The Balaban J connectivity index is 2.46. The molecule has 0 atom stereocenters.